The fourth-order valence-corrected chi connectivity index (χ4v) is 4.52. The number of carbonyl (C=O) groups is 2. The Morgan fingerprint density at radius 1 is 1.30 bits per heavy atom. The first-order valence-corrected chi connectivity index (χ1v) is 10.5. The molecule has 2 amide bonds. The number of anilines is 1. The molecule has 0 unspecified atom stereocenters. The maximum atomic E-state index is 12.8. The van der Waals surface area contributed by atoms with Gasteiger partial charge in [0.1, 0.15) is 4.90 Å². The lowest BCUT2D eigenvalue weighted by Crippen LogP contribution is -2.40. The summed E-state index contributed by atoms with van der Waals surface area (Å²) in [5, 5.41) is 2.69. The number of rotatable bonds is 7. The van der Waals surface area contributed by atoms with Crippen LogP contribution in [0.3, 0.4) is 0 Å². The Bertz CT molecular complexity index is 794. The number of carbonyl (C=O) groups excluding carboxylic acids is 2. The summed E-state index contributed by atoms with van der Waals surface area (Å²) in [5.74, 6) is -0.543. The number of hydrogen-bond acceptors (Lipinski definition) is 5. The van der Waals surface area contributed by atoms with Crippen LogP contribution in [0.25, 0.3) is 0 Å². The number of likely N-dealkylation sites (N-methyl/N-ethyl adjacent to an activating group) is 1. The monoisotopic (exact) mass is 417 g/mol. The van der Waals surface area contributed by atoms with Crippen molar-refractivity contribution < 1.29 is 22.7 Å². The Labute approximate surface area is 164 Å². The van der Waals surface area contributed by atoms with E-state index in [0.29, 0.717) is 31.7 Å². The Balaban J connectivity index is 2.12. The smallest absolute Gasteiger partial charge is 0.244 e. The Kier molecular flexibility index (Phi) is 7.60. The molecule has 1 N–H and O–H groups in total. The molecule has 0 atom stereocenters. The second-order valence-electron chi connectivity index (χ2n) is 6.21. The highest BCUT2D eigenvalue weighted by Gasteiger charge is 2.28. The van der Waals surface area contributed by atoms with Gasteiger partial charge in [-0.3, -0.25) is 9.59 Å². The van der Waals surface area contributed by atoms with Gasteiger partial charge in [-0.25, -0.2) is 8.42 Å². The second kappa shape index (κ2) is 9.50. The molecule has 1 aromatic carbocycles. The molecule has 1 aliphatic heterocycles. The van der Waals surface area contributed by atoms with Crippen molar-refractivity contribution in [3.05, 3.63) is 23.2 Å². The van der Waals surface area contributed by atoms with E-state index < -0.39 is 15.9 Å². The van der Waals surface area contributed by atoms with Gasteiger partial charge in [-0.1, -0.05) is 18.5 Å². The molecule has 8 nitrogen and oxygen atoms in total. The van der Waals surface area contributed by atoms with Gasteiger partial charge in [-0.2, -0.15) is 4.31 Å². The van der Waals surface area contributed by atoms with E-state index in [1.807, 2.05) is 6.92 Å². The zero-order valence-electron chi connectivity index (χ0n) is 15.4. The summed E-state index contributed by atoms with van der Waals surface area (Å²) in [5.41, 5.74) is 0.299. The summed E-state index contributed by atoms with van der Waals surface area (Å²) < 4.78 is 32.1. The molecule has 1 saturated heterocycles. The van der Waals surface area contributed by atoms with Crippen LogP contribution < -0.4 is 5.32 Å². The van der Waals surface area contributed by atoms with Crippen LogP contribution in [0.4, 0.5) is 5.69 Å². The fourth-order valence-electron chi connectivity index (χ4n) is 2.61. The molecule has 1 aliphatic rings. The predicted molar refractivity (Wildman–Crippen MR) is 102 cm³/mol. The maximum Gasteiger partial charge on any atom is 0.244 e. The molecule has 2 rings (SSSR count). The number of amides is 2. The minimum absolute atomic E-state index is 0.0701. The summed E-state index contributed by atoms with van der Waals surface area (Å²) in [6.45, 7) is 2.92. The third-order valence-corrected chi connectivity index (χ3v) is 6.45. The molecule has 1 heterocycles. The standard InChI is InChI=1S/C17H24ClN3O5S/c1-3-4-17(23)20(2)12-16(22)19-13-5-6-14(18)15(11-13)27(24,25)21-7-9-26-10-8-21/h5-6,11H,3-4,7-10,12H2,1-2H3,(H,19,22). The first kappa shape index (κ1) is 21.6. The lowest BCUT2D eigenvalue weighted by molar-refractivity contribution is -0.133. The molecule has 27 heavy (non-hydrogen) atoms. The highest BCUT2D eigenvalue weighted by atomic mass is 35.5. The molecular formula is C17H24ClN3O5S. The summed E-state index contributed by atoms with van der Waals surface area (Å²) in [4.78, 5) is 25.2. The molecule has 1 fully saturated rings. The van der Waals surface area contributed by atoms with Gasteiger partial charge in [0.05, 0.1) is 24.8 Å². The van der Waals surface area contributed by atoms with Crippen molar-refractivity contribution >= 4 is 39.1 Å². The highest BCUT2D eigenvalue weighted by molar-refractivity contribution is 7.89. The molecule has 150 valence electrons. The topological polar surface area (TPSA) is 96.0 Å². The van der Waals surface area contributed by atoms with Crippen LogP contribution in [0.5, 0.6) is 0 Å². The van der Waals surface area contributed by atoms with Crippen molar-refractivity contribution in [1.82, 2.24) is 9.21 Å². The molecule has 1 aromatic rings. The molecule has 10 heteroatoms. The number of hydrogen-bond donors (Lipinski definition) is 1. The zero-order chi connectivity index (χ0) is 20.0. The molecule has 0 saturated carbocycles. The fraction of sp³-hybridized carbons (Fsp3) is 0.529. The van der Waals surface area contributed by atoms with Crippen LogP contribution in [0, 0.1) is 0 Å². The highest BCUT2D eigenvalue weighted by Crippen LogP contribution is 2.28. The molecule has 0 spiro atoms. The number of benzene rings is 1. The van der Waals surface area contributed by atoms with Gasteiger partial charge in [0, 0.05) is 32.2 Å². The predicted octanol–water partition coefficient (Wildman–Crippen LogP) is 1.56. The van der Waals surface area contributed by atoms with E-state index >= 15 is 0 Å². The molecule has 0 aromatic heterocycles. The van der Waals surface area contributed by atoms with Crippen LogP contribution >= 0.6 is 11.6 Å². The summed E-state index contributed by atoms with van der Waals surface area (Å²) >= 11 is 6.09. The number of ether oxygens (including phenoxy) is 1. The summed E-state index contributed by atoms with van der Waals surface area (Å²) in [7, 11) is -2.24. The SMILES string of the molecule is CCCC(=O)N(C)CC(=O)Nc1ccc(Cl)c(S(=O)(=O)N2CCOCC2)c1. The van der Waals surface area contributed by atoms with Crippen LogP contribution in [-0.4, -0.2) is 69.3 Å². The van der Waals surface area contributed by atoms with Gasteiger partial charge in [0.15, 0.2) is 0 Å². The third-order valence-electron chi connectivity index (χ3n) is 4.07. The zero-order valence-corrected chi connectivity index (χ0v) is 17.0. The van der Waals surface area contributed by atoms with Crippen LogP contribution in [-0.2, 0) is 24.3 Å². The number of halogens is 1. The molecule has 0 radical (unpaired) electrons. The summed E-state index contributed by atoms with van der Waals surface area (Å²) in [6.07, 6.45) is 1.07. The van der Waals surface area contributed by atoms with E-state index in [2.05, 4.69) is 5.32 Å². The van der Waals surface area contributed by atoms with Crippen molar-refractivity contribution in [1.29, 1.82) is 0 Å². The van der Waals surface area contributed by atoms with Crippen LogP contribution in [0.2, 0.25) is 5.02 Å². The van der Waals surface area contributed by atoms with E-state index in [9.17, 15) is 18.0 Å². The van der Waals surface area contributed by atoms with Gasteiger partial charge < -0.3 is 15.0 Å². The van der Waals surface area contributed by atoms with E-state index in [1.54, 1.807) is 7.05 Å². The normalized spacial score (nSPS) is 15.4. The largest absolute Gasteiger partial charge is 0.379 e. The number of nitrogens with zero attached hydrogens (tertiary/aromatic N) is 2. The van der Waals surface area contributed by atoms with Crippen molar-refractivity contribution in [2.75, 3.05) is 45.2 Å². The minimum atomic E-state index is -3.79. The Hall–Kier alpha value is -1.68. The number of morpholine rings is 1. The maximum absolute atomic E-state index is 12.8. The summed E-state index contributed by atoms with van der Waals surface area (Å²) in [6, 6.07) is 4.28. The lowest BCUT2D eigenvalue weighted by atomic mass is 10.3. The molecular weight excluding hydrogens is 394 g/mol. The van der Waals surface area contributed by atoms with Gasteiger partial charge >= 0.3 is 0 Å². The Morgan fingerprint density at radius 2 is 1.96 bits per heavy atom. The van der Waals surface area contributed by atoms with E-state index in [0.717, 1.165) is 0 Å². The molecule has 0 aliphatic carbocycles. The van der Waals surface area contributed by atoms with Crippen molar-refractivity contribution in [3.8, 4) is 0 Å². The third kappa shape index (κ3) is 5.65. The first-order chi connectivity index (χ1) is 12.8. The van der Waals surface area contributed by atoms with Gasteiger partial charge in [-0.15, -0.1) is 0 Å². The van der Waals surface area contributed by atoms with Gasteiger partial charge in [0.2, 0.25) is 21.8 Å². The lowest BCUT2D eigenvalue weighted by Gasteiger charge is -2.26. The first-order valence-electron chi connectivity index (χ1n) is 8.67. The number of nitrogens with one attached hydrogen (secondary N) is 1. The van der Waals surface area contributed by atoms with Crippen molar-refractivity contribution in [3.63, 3.8) is 0 Å². The van der Waals surface area contributed by atoms with Crippen LogP contribution in [0.15, 0.2) is 23.1 Å². The second-order valence-corrected chi connectivity index (χ2v) is 8.52. The Morgan fingerprint density at radius 3 is 2.59 bits per heavy atom. The average Bonchev–Trinajstić information content (AvgIpc) is 2.64. The van der Waals surface area contributed by atoms with Crippen molar-refractivity contribution in [2.45, 2.75) is 24.7 Å². The van der Waals surface area contributed by atoms with E-state index in [-0.39, 0.29) is 35.5 Å². The van der Waals surface area contributed by atoms with Crippen LogP contribution in [0.1, 0.15) is 19.8 Å². The average molecular weight is 418 g/mol. The quantitative estimate of drug-likeness (QED) is 0.726. The van der Waals surface area contributed by atoms with Gasteiger partial charge in [-0.05, 0) is 24.6 Å². The number of sulfonamides is 1. The van der Waals surface area contributed by atoms with E-state index in [1.165, 1.54) is 27.4 Å². The van der Waals surface area contributed by atoms with Gasteiger partial charge in [0.25, 0.3) is 0 Å². The molecule has 0 bridgehead atoms. The minimum Gasteiger partial charge on any atom is -0.379 e. The van der Waals surface area contributed by atoms with Crippen molar-refractivity contribution in [2.24, 2.45) is 0 Å². The van der Waals surface area contributed by atoms with E-state index in [4.69, 9.17) is 16.3 Å².